The number of nitrogens with zero attached hydrogens (tertiary/aromatic N) is 2. The summed E-state index contributed by atoms with van der Waals surface area (Å²) in [6, 6.07) is 11.1. The van der Waals surface area contributed by atoms with Gasteiger partial charge in [0, 0.05) is 18.8 Å². The van der Waals surface area contributed by atoms with Gasteiger partial charge in [-0.1, -0.05) is 44.2 Å². The molecule has 0 unspecified atom stereocenters. The molecule has 0 saturated heterocycles. The number of carbonyl (C=O) groups excluding carboxylic acids is 2. The zero-order valence-corrected chi connectivity index (χ0v) is 17.7. The van der Waals surface area contributed by atoms with E-state index < -0.39 is 6.04 Å². The molecule has 2 aliphatic rings. The monoisotopic (exact) mass is 409 g/mol. The van der Waals surface area contributed by atoms with E-state index in [1.807, 2.05) is 47.2 Å². The Morgan fingerprint density at radius 2 is 1.77 bits per heavy atom. The minimum atomic E-state index is -0.603. The number of ether oxygens (including phenoxy) is 1. The van der Waals surface area contributed by atoms with Crippen molar-refractivity contribution < 1.29 is 14.3 Å². The lowest BCUT2D eigenvalue weighted by molar-refractivity contribution is -0.144. The zero-order chi connectivity index (χ0) is 20.9. The predicted molar refractivity (Wildman–Crippen MR) is 115 cm³/mol. The molecule has 160 valence electrons. The van der Waals surface area contributed by atoms with Crippen LogP contribution in [0.15, 0.2) is 42.6 Å². The number of hydrogen-bond acceptors (Lipinski definition) is 3. The first-order chi connectivity index (χ1) is 14.7. The quantitative estimate of drug-likeness (QED) is 0.817. The van der Waals surface area contributed by atoms with E-state index in [2.05, 4.69) is 5.32 Å². The van der Waals surface area contributed by atoms with Gasteiger partial charge in [0.2, 0.25) is 11.8 Å². The predicted octanol–water partition coefficient (Wildman–Crippen LogP) is 3.81. The van der Waals surface area contributed by atoms with Crippen LogP contribution in [-0.4, -0.2) is 34.4 Å². The topological polar surface area (TPSA) is 63.6 Å². The van der Waals surface area contributed by atoms with Crippen LogP contribution in [0.2, 0.25) is 0 Å². The number of rotatable bonds is 5. The maximum atomic E-state index is 13.4. The fourth-order valence-electron chi connectivity index (χ4n) is 4.62. The summed E-state index contributed by atoms with van der Waals surface area (Å²) in [5.41, 5.74) is 1.86. The highest BCUT2D eigenvalue weighted by atomic mass is 16.5. The summed E-state index contributed by atoms with van der Waals surface area (Å²) in [6.07, 6.45) is 10.00. The summed E-state index contributed by atoms with van der Waals surface area (Å²) in [4.78, 5) is 28.1. The van der Waals surface area contributed by atoms with Crippen molar-refractivity contribution in [1.82, 2.24) is 14.8 Å². The van der Waals surface area contributed by atoms with Crippen LogP contribution in [0.3, 0.4) is 0 Å². The molecule has 1 aliphatic heterocycles. The molecule has 0 bridgehead atoms. The molecule has 1 fully saturated rings. The molecule has 4 rings (SSSR count). The number of methoxy groups -OCH3 is 1. The Balaban J connectivity index is 1.55. The molecule has 6 heteroatoms. The third-order valence-corrected chi connectivity index (χ3v) is 6.29. The molecule has 1 saturated carbocycles. The van der Waals surface area contributed by atoms with Crippen molar-refractivity contribution in [2.24, 2.45) is 0 Å². The average Bonchev–Trinajstić information content (AvgIpc) is 3.18. The van der Waals surface area contributed by atoms with Gasteiger partial charge in [0.1, 0.15) is 12.3 Å². The first-order valence-corrected chi connectivity index (χ1v) is 11.0. The molecular weight excluding hydrogens is 378 g/mol. The van der Waals surface area contributed by atoms with Gasteiger partial charge in [-0.15, -0.1) is 0 Å². The van der Waals surface area contributed by atoms with Gasteiger partial charge in [-0.3, -0.25) is 9.59 Å². The van der Waals surface area contributed by atoms with E-state index in [-0.39, 0.29) is 24.4 Å². The van der Waals surface area contributed by atoms with Gasteiger partial charge in [0.05, 0.1) is 12.8 Å². The lowest BCUT2D eigenvalue weighted by Crippen LogP contribution is -2.50. The van der Waals surface area contributed by atoms with Gasteiger partial charge < -0.3 is 19.5 Å². The van der Waals surface area contributed by atoms with Crippen molar-refractivity contribution in [2.45, 2.75) is 70.1 Å². The van der Waals surface area contributed by atoms with Crippen molar-refractivity contribution in [1.29, 1.82) is 0 Å². The fraction of sp³-hybridized carbons (Fsp3) is 0.500. The maximum absolute atomic E-state index is 13.4. The molecule has 0 spiro atoms. The molecule has 1 N–H and O–H groups in total. The van der Waals surface area contributed by atoms with Crippen LogP contribution in [0.4, 0.5) is 0 Å². The molecule has 1 atom stereocenters. The Morgan fingerprint density at radius 1 is 1.07 bits per heavy atom. The number of fused-ring (bicyclic) bond motifs is 1. The van der Waals surface area contributed by atoms with Crippen LogP contribution in [-0.2, 0) is 22.7 Å². The second-order valence-electron chi connectivity index (χ2n) is 8.38. The van der Waals surface area contributed by atoms with E-state index >= 15 is 0 Å². The molecule has 1 aliphatic carbocycles. The highest BCUT2D eigenvalue weighted by molar-refractivity contribution is 5.90. The first kappa shape index (κ1) is 20.5. The van der Waals surface area contributed by atoms with E-state index in [1.165, 1.54) is 19.3 Å². The summed E-state index contributed by atoms with van der Waals surface area (Å²) < 4.78 is 7.13. The number of benzene rings is 1. The molecule has 0 radical (unpaired) electrons. The van der Waals surface area contributed by atoms with Crippen LogP contribution in [0, 0.1) is 0 Å². The molecular formula is C24H31N3O3. The van der Waals surface area contributed by atoms with Crippen molar-refractivity contribution in [3.8, 4) is 5.75 Å². The minimum Gasteiger partial charge on any atom is -0.497 e. The molecule has 2 amide bonds. The SMILES string of the molecule is COc1ccc(CN2C(=O)Cn3cccc3[C@H]2C(=O)NC2CCCCCCC2)cc1. The largest absolute Gasteiger partial charge is 0.497 e. The maximum Gasteiger partial charge on any atom is 0.249 e. The van der Waals surface area contributed by atoms with E-state index in [0.29, 0.717) is 6.54 Å². The van der Waals surface area contributed by atoms with Crippen molar-refractivity contribution in [2.75, 3.05) is 7.11 Å². The van der Waals surface area contributed by atoms with E-state index in [0.717, 1.165) is 42.7 Å². The Hall–Kier alpha value is -2.76. The Bertz CT molecular complexity index is 866. The Labute approximate surface area is 178 Å². The summed E-state index contributed by atoms with van der Waals surface area (Å²) in [7, 11) is 1.63. The number of aromatic nitrogens is 1. The van der Waals surface area contributed by atoms with Gasteiger partial charge in [0.25, 0.3) is 0 Å². The van der Waals surface area contributed by atoms with Crippen LogP contribution < -0.4 is 10.1 Å². The number of amides is 2. The summed E-state index contributed by atoms with van der Waals surface area (Å²) >= 11 is 0. The fourth-order valence-corrected chi connectivity index (χ4v) is 4.62. The summed E-state index contributed by atoms with van der Waals surface area (Å²) in [5, 5.41) is 3.28. The smallest absolute Gasteiger partial charge is 0.249 e. The standard InChI is InChI=1S/C24H31N3O3/c1-30-20-13-11-18(12-14-20)16-27-22(28)17-26-15-7-10-21(26)23(27)24(29)25-19-8-5-3-2-4-6-9-19/h7,10-15,19,23H,2-6,8-9,16-17H2,1H3,(H,25,29)/t23-/m0/s1. The van der Waals surface area contributed by atoms with Gasteiger partial charge in [0.15, 0.2) is 6.04 Å². The Morgan fingerprint density at radius 3 is 2.47 bits per heavy atom. The van der Waals surface area contributed by atoms with Crippen LogP contribution in [0.1, 0.15) is 62.2 Å². The highest BCUT2D eigenvalue weighted by Gasteiger charge is 2.38. The number of hydrogen-bond donors (Lipinski definition) is 1. The molecule has 2 heterocycles. The highest BCUT2D eigenvalue weighted by Crippen LogP contribution is 2.30. The van der Waals surface area contributed by atoms with Crippen molar-refractivity contribution >= 4 is 11.8 Å². The lowest BCUT2D eigenvalue weighted by Gasteiger charge is -2.37. The summed E-state index contributed by atoms with van der Waals surface area (Å²) in [5.74, 6) is 0.672. The van der Waals surface area contributed by atoms with Crippen LogP contribution in [0.5, 0.6) is 5.75 Å². The van der Waals surface area contributed by atoms with Gasteiger partial charge >= 0.3 is 0 Å². The van der Waals surface area contributed by atoms with Crippen LogP contribution >= 0.6 is 0 Å². The van der Waals surface area contributed by atoms with Gasteiger partial charge in [-0.05, 0) is 42.7 Å². The molecule has 1 aromatic carbocycles. The minimum absolute atomic E-state index is 0.0349. The Kier molecular flexibility index (Phi) is 6.41. The first-order valence-electron chi connectivity index (χ1n) is 11.0. The van der Waals surface area contributed by atoms with E-state index in [1.54, 1.807) is 12.0 Å². The lowest BCUT2D eigenvalue weighted by atomic mass is 9.96. The number of nitrogens with one attached hydrogen (secondary N) is 1. The third kappa shape index (κ3) is 4.53. The number of carbonyl (C=O) groups is 2. The third-order valence-electron chi connectivity index (χ3n) is 6.29. The van der Waals surface area contributed by atoms with Gasteiger partial charge in [-0.25, -0.2) is 0 Å². The van der Waals surface area contributed by atoms with Crippen molar-refractivity contribution in [3.05, 3.63) is 53.9 Å². The van der Waals surface area contributed by atoms with E-state index in [4.69, 9.17) is 4.74 Å². The zero-order valence-electron chi connectivity index (χ0n) is 17.7. The second kappa shape index (κ2) is 9.37. The average molecular weight is 410 g/mol. The molecule has 30 heavy (non-hydrogen) atoms. The van der Waals surface area contributed by atoms with Crippen molar-refractivity contribution in [3.63, 3.8) is 0 Å². The van der Waals surface area contributed by atoms with E-state index in [9.17, 15) is 9.59 Å². The van der Waals surface area contributed by atoms with Gasteiger partial charge in [-0.2, -0.15) is 0 Å². The van der Waals surface area contributed by atoms with Crippen LogP contribution in [0.25, 0.3) is 0 Å². The molecule has 6 nitrogen and oxygen atoms in total. The molecule has 1 aromatic heterocycles. The summed E-state index contributed by atoms with van der Waals surface area (Å²) in [6.45, 7) is 0.669. The second-order valence-corrected chi connectivity index (χ2v) is 8.38. The molecule has 2 aromatic rings. The normalized spacial score (nSPS) is 20.2.